The Balaban J connectivity index is 1.73. The topological polar surface area (TPSA) is 58.4 Å². The van der Waals surface area contributed by atoms with Gasteiger partial charge in [0.2, 0.25) is 0 Å². The Morgan fingerprint density at radius 1 is 1.35 bits per heavy atom. The Labute approximate surface area is 147 Å². The molecule has 1 fully saturated rings. The normalized spacial score (nSPS) is 21.5. The molecule has 1 aromatic heterocycles. The first kappa shape index (κ1) is 16.7. The van der Waals surface area contributed by atoms with Crippen molar-refractivity contribution in [1.29, 1.82) is 0 Å². The number of hydrogen-bond acceptors (Lipinski definition) is 3. The zero-order chi connectivity index (χ0) is 16.4. The summed E-state index contributed by atoms with van der Waals surface area (Å²) in [6.45, 7) is 2.28. The molecule has 1 heterocycles. The van der Waals surface area contributed by atoms with E-state index in [1.807, 2.05) is 5.38 Å². The summed E-state index contributed by atoms with van der Waals surface area (Å²) in [6.07, 6.45) is 8.93. The van der Waals surface area contributed by atoms with E-state index < -0.39 is 0 Å². The van der Waals surface area contributed by atoms with Crippen molar-refractivity contribution in [2.24, 2.45) is 11.7 Å². The molecule has 23 heavy (non-hydrogen) atoms. The first-order chi connectivity index (χ1) is 11.1. The lowest BCUT2D eigenvalue weighted by atomic mass is 9.88. The summed E-state index contributed by atoms with van der Waals surface area (Å²) in [5, 5.41) is 3.99. The molecule has 6 heteroatoms. The molecule has 1 atom stereocenters. The van der Waals surface area contributed by atoms with Crippen molar-refractivity contribution in [2.45, 2.75) is 64.3 Å². The predicted octanol–water partition coefficient (Wildman–Crippen LogP) is 3.40. The third-order valence-corrected chi connectivity index (χ3v) is 6.29. The molecule has 1 aromatic rings. The highest BCUT2D eigenvalue weighted by Crippen LogP contribution is 2.33. The average Bonchev–Trinajstić information content (AvgIpc) is 2.96. The monoisotopic (exact) mass is 351 g/mol. The lowest BCUT2D eigenvalue weighted by Crippen LogP contribution is -2.54. The van der Waals surface area contributed by atoms with Gasteiger partial charge in [0.05, 0.1) is 11.6 Å². The fourth-order valence-corrected chi connectivity index (χ4v) is 5.14. The number of hydrazine groups is 1. The van der Waals surface area contributed by atoms with E-state index in [4.69, 9.17) is 18.0 Å². The van der Waals surface area contributed by atoms with Crippen LogP contribution in [0.5, 0.6) is 0 Å². The molecule has 1 unspecified atom stereocenters. The van der Waals surface area contributed by atoms with Gasteiger partial charge < -0.3 is 5.73 Å². The van der Waals surface area contributed by atoms with Gasteiger partial charge in [-0.05, 0) is 55.8 Å². The zero-order valence-corrected chi connectivity index (χ0v) is 15.3. The van der Waals surface area contributed by atoms with Gasteiger partial charge in [0.25, 0.3) is 5.91 Å². The van der Waals surface area contributed by atoms with Gasteiger partial charge in [-0.1, -0.05) is 26.2 Å². The largest absolute Gasteiger partial charge is 0.375 e. The molecule has 0 saturated heterocycles. The first-order valence-electron chi connectivity index (χ1n) is 8.55. The number of fused-ring (bicyclic) bond motifs is 1. The Kier molecular flexibility index (Phi) is 5.21. The molecule has 3 N–H and O–H groups in total. The number of thiophene rings is 1. The summed E-state index contributed by atoms with van der Waals surface area (Å²) in [6, 6.07) is 0.236. The van der Waals surface area contributed by atoms with E-state index in [9.17, 15) is 4.79 Å². The summed E-state index contributed by atoms with van der Waals surface area (Å²) in [5.74, 6) is 0.655. The van der Waals surface area contributed by atoms with Crippen LogP contribution in [0, 0.1) is 5.92 Å². The minimum Gasteiger partial charge on any atom is -0.375 e. The van der Waals surface area contributed by atoms with Gasteiger partial charge in [0, 0.05) is 10.3 Å². The van der Waals surface area contributed by atoms with Crippen molar-refractivity contribution < 1.29 is 4.79 Å². The molecule has 126 valence electrons. The zero-order valence-electron chi connectivity index (χ0n) is 13.6. The second-order valence-corrected chi connectivity index (χ2v) is 8.22. The summed E-state index contributed by atoms with van der Waals surface area (Å²) in [4.78, 5) is 14.1. The van der Waals surface area contributed by atoms with Crippen molar-refractivity contribution in [3.8, 4) is 0 Å². The second kappa shape index (κ2) is 7.18. The molecule has 0 spiro atoms. The van der Waals surface area contributed by atoms with Crippen molar-refractivity contribution in [3.05, 3.63) is 21.4 Å². The number of carbonyl (C=O) groups is 1. The number of nitrogens with two attached hydrogens (primary N) is 1. The van der Waals surface area contributed by atoms with E-state index >= 15 is 0 Å². The SMILES string of the molecule is CC1CCc2c(C(=O)NN(C(N)=S)C3CCCCC3)csc2C1. The van der Waals surface area contributed by atoms with E-state index in [2.05, 4.69) is 12.3 Å². The maximum absolute atomic E-state index is 12.8. The molecule has 0 radical (unpaired) electrons. The number of rotatable bonds is 2. The number of nitrogens with zero attached hydrogens (tertiary/aromatic N) is 1. The second-order valence-electron chi connectivity index (χ2n) is 6.84. The van der Waals surface area contributed by atoms with Crippen LogP contribution in [0.1, 0.15) is 66.2 Å². The van der Waals surface area contributed by atoms with Gasteiger partial charge in [-0.25, -0.2) is 0 Å². The number of amides is 1. The highest BCUT2D eigenvalue weighted by Gasteiger charge is 2.27. The average molecular weight is 352 g/mol. The summed E-state index contributed by atoms with van der Waals surface area (Å²) >= 11 is 6.89. The fourth-order valence-electron chi connectivity index (χ4n) is 3.70. The minimum atomic E-state index is -0.0598. The molecule has 0 aromatic carbocycles. The Morgan fingerprint density at radius 2 is 2.09 bits per heavy atom. The molecule has 2 aliphatic rings. The fraction of sp³-hybridized carbons (Fsp3) is 0.647. The molecular weight excluding hydrogens is 326 g/mol. The third kappa shape index (κ3) is 3.69. The van der Waals surface area contributed by atoms with Crippen LogP contribution in [0.25, 0.3) is 0 Å². The molecule has 2 aliphatic carbocycles. The van der Waals surface area contributed by atoms with Crippen LogP contribution in [-0.4, -0.2) is 22.1 Å². The lowest BCUT2D eigenvalue weighted by molar-refractivity contribution is 0.0808. The van der Waals surface area contributed by atoms with E-state index in [1.54, 1.807) is 16.3 Å². The standard InChI is InChI=1S/C17H25N3OS2/c1-11-7-8-13-14(10-23-15(13)9-11)16(21)19-20(17(18)22)12-5-3-2-4-6-12/h10-12H,2-9H2,1H3,(H2,18,22)(H,19,21). The van der Waals surface area contributed by atoms with Crippen LogP contribution in [0.3, 0.4) is 0 Å². The first-order valence-corrected chi connectivity index (χ1v) is 9.84. The number of thiocarbonyl (C=S) groups is 1. The van der Waals surface area contributed by atoms with E-state index in [-0.39, 0.29) is 17.1 Å². The summed E-state index contributed by atoms with van der Waals surface area (Å²) < 4.78 is 0. The van der Waals surface area contributed by atoms with E-state index in [1.165, 1.54) is 29.7 Å². The van der Waals surface area contributed by atoms with Crippen LogP contribution in [-0.2, 0) is 12.8 Å². The maximum Gasteiger partial charge on any atom is 0.271 e. The van der Waals surface area contributed by atoms with Gasteiger partial charge in [0.15, 0.2) is 5.11 Å². The van der Waals surface area contributed by atoms with Crippen molar-refractivity contribution in [1.82, 2.24) is 10.4 Å². The van der Waals surface area contributed by atoms with Crippen molar-refractivity contribution in [2.75, 3.05) is 0 Å². The predicted molar refractivity (Wildman–Crippen MR) is 98.5 cm³/mol. The smallest absolute Gasteiger partial charge is 0.271 e. The van der Waals surface area contributed by atoms with Crippen LogP contribution in [0.15, 0.2) is 5.38 Å². The third-order valence-electron chi connectivity index (χ3n) is 5.05. The molecule has 4 nitrogen and oxygen atoms in total. The minimum absolute atomic E-state index is 0.0598. The van der Waals surface area contributed by atoms with Crippen LogP contribution in [0.4, 0.5) is 0 Å². The molecule has 1 amide bonds. The lowest BCUT2D eigenvalue weighted by Gasteiger charge is -2.34. The van der Waals surface area contributed by atoms with Gasteiger partial charge in [-0.3, -0.25) is 15.2 Å². The van der Waals surface area contributed by atoms with Gasteiger partial charge in [-0.15, -0.1) is 11.3 Å². The number of hydrogen-bond donors (Lipinski definition) is 2. The van der Waals surface area contributed by atoms with Gasteiger partial charge in [-0.2, -0.15) is 0 Å². The van der Waals surface area contributed by atoms with Crippen molar-refractivity contribution >= 4 is 34.6 Å². The molecule has 3 rings (SSSR count). The molecular formula is C17H25N3OS2. The van der Waals surface area contributed by atoms with Crippen LogP contribution in [0.2, 0.25) is 0 Å². The summed E-state index contributed by atoms with van der Waals surface area (Å²) in [5.41, 5.74) is 10.9. The molecule has 0 aliphatic heterocycles. The Bertz CT molecular complexity index is 593. The number of carbonyl (C=O) groups excluding carboxylic acids is 1. The highest BCUT2D eigenvalue weighted by atomic mass is 32.1. The quantitative estimate of drug-likeness (QED) is 0.633. The number of nitrogens with one attached hydrogen (secondary N) is 1. The van der Waals surface area contributed by atoms with Crippen LogP contribution >= 0.6 is 23.6 Å². The van der Waals surface area contributed by atoms with Crippen molar-refractivity contribution in [3.63, 3.8) is 0 Å². The van der Waals surface area contributed by atoms with Crippen LogP contribution < -0.4 is 11.2 Å². The maximum atomic E-state index is 12.8. The van der Waals surface area contributed by atoms with E-state index in [0.29, 0.717) is 5.92 Å². The van der Waals surface area contributed by atoms with Gasteiger partial charge >= 0.3 is 0 Å². The molecule has 1 saturated carbocycles. The summed E-state index contributed by atoms with van der Waals surface area (Å²) in [7, 11) is 0. The molecule has 0 bridgehead atoms. The Hall–Kier alpha value is -1.14. The highest BCUT2D eigenvalue weighted by molar-refractivity contribution is 7.80. The van der Waals surface area contributed by atoms with E-state index in [0.717, 1.165) is 37.7 Å². The Morgan fingerprint density at radius 3 is 2.78 bits per heavy atom. The van der Waals surface area contributed by atoms with Gasteiger partial charge in [0.1, 0.15) is 0 Å².